The van der Waals surface area contributed by atoms with E-state index in [4.69, 9.17) is 9.72 Å². The monoisotopic (exact) mass is 469 g/mol. The number of hydrogen-bond acceptors (Lipinski definition) is 4. The van der Waals surface area contributed by atoms with E-state index >= 15 is 0 Å². The standard InChI is InChI=1S/C27H23N3O3S/c1-33-26-17-19(18-30(34(31)32)20-9-3-2-4-10-20)15-16-25(26)29-27-21-11-5-7-13-23(21)28-24-14-8-6-12-22(24)27/h2-17H,18H2,1H3,(H,28,29)(H,31,32). The molecular formula is C27H23N3O3S. The van der Waals surface area contributed by atoms with Gasteiger partial charge in [-0.25, -0.2) is 9.19 Å². The van der Waals surface area contributed by atoms with Crippen LogP contribution in [0.3, 0.4) is 0 Å². The van der Waals surface area contributed by atoms with E-state index in [0.29, 0.717) is 11.4 Å². The van der Waals surface area contributed by atoms with Gasteiger partial charge in [-0.05, 0) is 42.0 Å². The molecule has 0 radical (unpaired) electrons. The van der Waals surface area contributed by atoms with Crippen molar-refractivity contribution in [3.63, 3.8) is 0 Å². The summed E-state index contributed by atoms with van der Waals surface area (Å²) in [7, 11) is 1.62. The molecule has 7 heteroatoms. The van der Waals surface area contributed by atoms with Crippen LogP contribution >= 0.6 is 0 Å². The predicted octanol–water partition coefficient (Wildman–Crippen LogP) is 6.28. The number of nitrogens with zero attached hydrogens (tertiary/aromatic N) is 2. The third-order valence-corrected chi connectivity index (χ3v) is 6.39. The Kier molecular flexibility index (Phi) is 6.12. The van der Waals surface area contributed by atoms with E-state index in [1.165, 1.54) is 4.31 Å². The summed E-state index contributed by atoms with van der Waals surface area (Å²) in [5.41, 5.74) is 5.07. The van der Waals surface area contributed by atoms with E-state index in [2.05, 4.69) is 5.32 Å². The molecule has 0 aliphatic rings. The molecule has 5 rings (SSSR count). The fraction of sp³-hybridized carbons (Fsp3) is 0.0741. The van der Waals surface area contributed by atoms with Crippen LogP contribution in [0.1, 0.15) is 5.56 Å². The van der Waals surface area contributed by atoms with Crippen LogP contribution in [0.4, 0.5) is 17.1 Å². The highest BCUT2D eigenvalue weighted by Crippen LogP contribution is 2.36. The molecule has 6 nitrogen and oxygen atoms in total. The SMILES string of the molecule is COc1cc(CN(c2ccccc2)S(=O)O)ccc1Nc1c2ccccc2nc2ccccc12. The molecular weight excluding hydrogens is 446 g/mol. The van der Waals surface area contributed by atoms with E-state index in [-0.39, 0.29) is 6.54 Å². The molecule has 0 spiro atoms. The molecule has 1 unspecified atom stereocenters. The highest BCUT2D eigenvalue weighted by Gasteiger charge is 2.16. The van der Waals surface area contributed by atoms with Crippen LogP contribution < -0.4 is 14.4 Å². The lowest BCUT2D eigenvalue weighted by Crippen LogP contribution is -2.24. The first-order valence-corrected chi connectivity index (χ1v) is 11.9. The highest BCUT2D eigenvalue weighted by molar-refractivity contribution is 7.80. The normalized spacial score (nSPS) is 11.9. The van der Waals surface area contributed by atoms with Crippen molar-refractivity contribution >= 4 is 50.1 Å². The summed E-state index contributed by atoms with van der Waals surface area (Å²) in [5.74, 6) is 0.638. The Bertz CT molecular complexity index is 1440. The second-order valence-corrected chi connectivity index (χ2v) is 8.69. The molecule has 0 aliphatic heterocycles. The van der Waals surface area contributed by atoms with Gasteiger partial charge in [-0.2, -0.15) is 0 Å². The Labute approximate surface area is 200 Å². The Morgan fingerprint density at radius 1 is 0.882 bits per heavy atom. The van der Waals surface area contributed by atoms with Gasteiger partial charge in [-0.3, -0.25) is 8.86 Å². The van der Waals surface area contributed by atoms with Crippen LogP contribution in [0.15, 0.2) is 97.1 Å². The maximum Gasteiger partial charge on any atom is 0.262 e. The molecule has 1 heterocycles. The van der Waals surface area contributed by atoms with Crippen LogP contribution in [-0.2, 0) is 17.8 Å². The van der Waals surface area contributed by atoms with Gasteiger partial charge in [-0.1, -0.05) is 60.7 Å². The van der Waals surface area contributed by atoms with Crippen molar-refractivity contribution in [2.75, 3.05) is 16.7 Å². The van der Waals surface area contributed by atoms with Crippen molar-refractivity contribution in [3.05, 3.63) is 103 Å². The third-order valence-electron chi connectivity index (χ3n) is 5.67. The quantitative estimate of drug-likeness (QED) is 0.217. The van der Waals surface area contributed by atoms with Gasteiger partial charge in [0.15, 0.2) is 0 Å². The summed E-state index contributed by atoms with van der Waals surface area (Å²) in [6.45, 7) is 0.255. The number of para-hydroxylation sites is 3. The third kappa shape index (κ3) is 4.31. The highest BCUT2D eigenvalue weighted by atomic mass is 32.2. The molecule has 0 saturated heterocycles. The smallest absolute Gasteiger partial charge is 0.262 e. The maximum absolute atomic E-state index is 12.0. The average molecular weight is 470 g/mol. The topological polar surface area (TPSA) is 74.7 Å². The van der Waals surface area contributed by atoms with Gasteiger partial charge in [0.2, 0.25) is 0 Å². The lowest BCUT2D eigenvalue weighted by atomic mass is 10.1. The van der Waals surface area contributed by atoms with E-state index in [1.807, 2.05) is 84.9 Å². The number of methoxy groups -OCH3 is 1. The van der Waals surface area contributed by atoms with Gasteiger partial charge in [-0.15, -0.1) is 0 Å². The van der Waals surface area contributed by atoms with Crippen LogP contribution in [0.5, 0.6) is 5.75 Å². The summed E-state index contributed by atoms with van der Waals surface area (Å²) >= 11 is -2.16. The lowest BCUT2D eigenvalue weighted by molar-refractivity contribution is 0.416. The van der Waals surface area contributed by atoms with Crippen molar-refractivity contribution in [3.8, 4) is 5.75 Å². The number of fused-ring (bicyclic) bond motifs is 2. The maximum atomic E-state index is 12.0. The fourth-order valence-corrected chi connectivity index (χ4v) is 4.60. The van der Waals surface area contributed by atoms with Gasteiger partial charge in [0.05, 0.1) is 41.8 Å². The zero-order chi connectivity index (χ0) is 23.5. The predicted molar refractivity (Wildman–Crippen MR) is 139 cm³/mol. The molecule has 0 bridgehead atoms. The van der Waals surface area contributed by atoms with Gasteiger partial charge in [0.25, 0.3) is 11.3 Å². The Balaban J connectivity index is 1.52. The molecule has 4 aromatic carbocycles. The summed E-state index contributed by atoms with van der Waals surface area (Å²) in [6.07, 6.45) is 0. The zero-order valence-electron chi connectivity index (χ0n) is 18.5. The molecule has 2 N–H and O–H groups in total. The van der Waals surface area contributed by atoms with Gasteiger partial charge in [0, 0.05) is 10.8 Å². The summed E-state index contributed by atoms with van der Waals surface area (Å²) in [4.78, 5) is 4.79. The number of anilines is 3. The van der Waals surface area contributed by atoms with E-state index in [1.54, 1.807) is 19.2 Å². The summed E-state index contributed by atoms with van der Waals surface area (Å²) < 4.78 is 29.0. The molecule has 0 fully saturated rings. The van der Waals surface area contributed by atoms with Crippen LogP contribution in [0.2, 0.25) is 0 Å². The van der Waals surface area contributed by atoms with E-state index < -0.39 is 11.3 Å². The number of rotatable bonds is 7. The number of ether oxygens (including phenoxy) is 1. The second kappa shape index (κ2) is 9.51. The molecule has 170 valence electrons. The lowest BCUT2D eigenvalue weighted by Gasteiger charge is -2.21. The van der Waals surface area contributed by atoms with Crippen LogP contribution in [0.25, 0.3) is 21.8 Å². The average Bonchev–Trinajstić information content (AvgIpc) is 2.88. The number of hydrogen-bond donors (Lipinski definition) is 2. The molecule has 0 saturated carbocycles. The van der Waals surface area contributed by atoms with E-state index in [0.717, 1.165) is 38.7 Å². The van der Waals surface area contributed by atoms with Crippen LogP contribution in [-0.4, -0.2) is 20.9 Å². The first-order valence-electron chi connectivity index (χ1n) is 10.8. The first kappa shape index (κ1) is 21.9. The number of aromatic nitrogens is 1. The van der Waals surface area contributed by atoms with Crippen molar-refractivity contribution in [1.29, 1.82) is 0 Å². The number of pyridine rings is 1. The minimum Gasteiger partial charge on any atom is -0.495 e. The largest absolute Gasteiger partial charge is 0.495 e. The van der Waals surface area contributed by atoms with Crippen molar-refractivity contribution in [1.82, 2.24) is 4.98 Å². The zero-order valence-corrected chi connectivity index (χ0v) is 19.3. The van der Waals surface area contributed by atoms with Crippen molar-refractivity contribution in [2.45, 2.75) is 6.54 Å². The molecule has 1 atom stereocenters. The minimum atomic E-state index is -2.16. The Hall–Kier alpha value is -3.94. The molecule has 0 aliphatic carbocycles. The van der Waals surface area contributed by atoms with Gasteiger partial charge < -0.3 is 10.1 Å². The van der Waals surface area contributed by atoms with E-state index in [9.17, 15) is 8.76 Å². The summed E-state index contributed by atoms with van der Waals surface area (Å²) in [6, 6.07) is 31.0. The minimum absolute atomic E-state index is 0.255. The number of benzene rings is 4. The van der Waals surface area contributed by atoms with Gasteiger partial charge in [0.1, 0.15) is 5.75 Å². The van der Waals surface area contributed by atoms with Crippen LogP contribution in [0, 0.1) is 0 Å². The van der Waals surface area contributed by atoms with Crippen molar-refractivity contribution < 1.29 is 13.5 Å². The van der Waals surface area contributed by atoms with Gasteiger partial charge >= 0.3 is 0 Å². The Morgan fingerprint density at radius 3 is 2.12 bits per heavy atom. The van der Waals surface area contributed by atoms with Crippen molar-refractivity contribution in [2.24, 2.45) is 0 Å². The first-order chi connectivity index (χ1) is 16.6. The summed E-state index contributed by atoms with van der Waals surface area (Å²) in [5, 5.41) is 5.58. The molecule has 34 heavy (non-hydrogen) atoms. The molecule has 0 amide bonds. The fourth-order valence-electron chi connectivity index (χ4n) is 4.04. The second-order valence-electron chi connectivity index (χ2n) is 7.78. The molecule has 1 aromatic heterocycles. The Morgan fingerprint density at radius 2 is 1.50 bits per heavy atom. The number of nitrogens with one attached hydrogen (secondary N) is 1. The molecule has 5 aromatic rings.